The van der Waals surface area contributed by atoms with Crippen molar-refractivity contribution in [1.29, 1.82) is 0 Å². The van der Waals surface area contributed by atoms with E-state index >= 15 is 0 Å². The molecule has 30 heavy (non-hydrogen) atoms. The minimum absolute atomic E-state index is 0.0206. The Morgan fingerprint density at radius 1 is 1.23 bits per heavy atom. The smallest absolute Gasteiger partial charge is 0.141 e. The molecule has 1 saturated carbocycles. The molecule has 1 aliphatic rings. The highest BCUT2D eigenvalue weighted by Crippen LogP contribution is 2.40. The summed E-state index contributed by atoms with van der Waals surface area (Å²) >= 11 is 5.85. The number of aliphatic imine (C=N–C) groups is 1. The number of amidine groups is 1. The molecular weight excluding hydrogens is 403 g/mol. The largest absolute Gasteiger partial charge is 0.290 e. The van der Waals surface area contributed by atoms with Crippen molar-refractivity contribution in [2.24, 2.45) is 23.9 Å². The molecule has 1 aromatic heterocycles. The van der Waals surface area contributed by atoms with Crippen LogP contribution in [0.15, 0.2) is 47.6 Å². The van der Waals surface area contributed by atoms with Crippen LogP contribution in [-0.2, 0) is 7.05 Å². The van der Waals surface area contributed by atoms with Crippen LogP contribution >= 0.6 is 11.6 Å². The van der Waals surface area contributed by atoms with Crippen molar-refractivity contribution in [3.8, 4) is 0 Å². The number of benzene rings is 2. The van der Waals surface area contributed by atoms with E-state index in [1.54, 1.807) is 6.07 Å². The Kier molecular flexibility index (Phi) is 6.06. The molecule has 0 bridgehead atoms. The van der Waals surface area contributed by atoms with Crippen LogP contribution in [0.5, 0.6) is 0 Å². The Hall–Kier alpha value is -2.44. The molecule has 0 unspecified atom stereocenters. The fraction of sp³-hybridized carbons (Fsp3) is 0.391. The van der Waals surface area contributed by atoms with Gasteiger partial charge in [-0.1, -0.05) is 24.6 Å². The third-order valence-electron chi connectivity index (χ3n) is 6.42. The Morgan fingerprint density at radius 3 is 2.70 bits per heavy atom. The quantitative estimate of drug-likeness (QED) is 0.305. The van der Waals surface area contributed by atoms with Crippen molar-refractivity contribution < 1.29 is 9.60 Å². The topological polar surface area (TPSA) is 62.4 Å². The van der Waals surface area contributed by atoms with Gasteiger partial charge in [0.2, 0.25) is 0 Å². The molecule has 0 aliphatic heterocycles. The van der Waals surface area contributed by atoms with Gasteiger partial charge in [0.15, 0.2) is 0 Å². The van der Waals surface area contributed by atoms with Gasteiger partial charge in [0.25, 0.3) is 0 Å². The number of hydrogen-bond acceptors (Lipinski definition) is 3. The summed E-state index contributed by atoms with van der Waals surface area (Å²) in [6, 6.07) is 10.9. The molecule has 2 aromatic carbocycles. The van der Waals surface area contributed by atoms with Gasteiger partial charge in [0.1, 0.15) is 11.7 Å². The number of fused-ring (bicyclic) bond motifs is 1. The van der Waals surface area contributed by atoms with E-state index in [4.69, 9.17) is 11.6 Å². The molecule has 0 saturated heterocycles. The van der Waals surface area contributed by atoms with Crippen LogP contribution in [0.3, 0.4) is 0 Å². The van der Waals surface area contributed by atoms with Crippen LogP contribution in [0, 0.1) is 17.7 Å². The number of nitrogens with zero attached hydrogens (tertiary/aromatic N) is 3. The van der Waals surface area contributed by atoms with Gasteiger partial charge >= 0.3 is 0 Å². The first-order valence-electron chi connectivity index (χ1n) is 10.3. The van der Waals surface area contributed by atoms with E-state index in [1.807, 2.05) is 17.9 Å². The lowest BCUT2D eigenvalue weighted by molar-refractivity contribution is 0.213. The monoisotopic (exact) mass is 428 g/mol. The van der Waals surface area contributed by atoms with E-state index in [9.17, 15) is 9.60 Å². The maximum Gasteiger partial charge on any atom is 0.141 e. The van der Waals surface area contributed by atoms with Gasteiger partial charge in [-0.15, -0.1) is 0 Å². The first-order chi connectivity index (χ1) is 14.5. The van der Waals surface area contributed by atoms with Crippen molar-refractivity contribution in [1.82, 2.24) is 15.3 Å². The molecule has 0 radical (unpaired) electrons. The SMILES string of the molecule is C[C@@H](C(=Nc1ccc(F)c(Cl)c1)NO)C1CCC(c2ccc3c(cnn3C)c2)CC1. The van der Waals surface area contributed by atoms with Crippen molar-refractivity contribution >= 4 is 34.0 Å². The van der Waals surface area contributed by atoms with Gasteiger partial charge in [-0.05, 0) is 73.4 Å². The number of aromatic nitrogens is 2. The third-order valence-corrected chi connectivity index (χ3v) is 6.71. The fourth-order valence-electron chi connectivity index (χ4n) is 4.53. The van der Waals surface area contributed by atoms with E-state index in [2.05, 4.69) is 40.7 Å². The number of halogens is 2. The normalized spacial score (nSPS) is 21.0. The van der Waals surface area contributed by atoms with Crippen LogP contribution < -0.4 is 5.48 Å². The summed E-state index contributed by atoms with van der Waals surface area (Å²) in [4.78, 5) is 4.46. The number of nitrogens with one attached hydrogen (secondary N) is 1. The summed E-state index contributed by atoms with van der Waals surface area (Å²) in [6.45, 7) is 2.07. The van der Waals surface area contributed by atoms with E-state index in [0.29, 0.717) is 23.4 Å². The minimum atomic E-state index is -0.482. The number of aryl methyl sites for hydroxylation is 1. The predicted octanol–water partition coefficient (Wildman–Crippen LogP) is 5.98. The lowest BCUT2D eigenvalue weighted by Crippen LogP contribution is -2.33. The molecule has 3 aromatic rings. The Morgan fingerprint density at radius 2 is 2.00 bits per heavy atom. The van der Waals surface area contributed by atoms with Crippen LogP contribution in [0.4, 0.5) is 10.1 Å². The molecule has 1 aliphatic carbocycles. The van der Waals surface area contributed by atoms with Crippen LogP contribution in [0.2, 0.25) is 5.02 Å². The summed E-state index contributed by atoms with van der Waals surface area (Å²) in [5.74, 6) is 1.01. The van der Waals surface area contributed by atoms with Crippen LogP contribution in [0.25, 0.3) is 10.9 Å². The molecular formula is C23H26ClFN4O. The summed E-state index contributed by atoms with van der Waals surface area (Å²) < 4.78 is 15.3. The van der Waals surface area contributed by atoms with Crippen molar-refractivity contribution in [2.45, 2.75) is 38.5 Å². The van der Waals surface area contributed by atoms with E-state index in [0.717, 1.165) is 31.2 Å². The Labute approximate surface area is 180 Å². The molecule has 1 heterocycles. The van der Waals surface area contributed by atoms with Crippen molar-refractivity contribution in [2.75, 3.05) is 0 Å². The summed E-state index contributed by atoms with van der Waals surface area (Å²) in [7, 11) is 1.96. The molecule has 0 spiro atoms. The number of rotatable bonds is 4. The van der Waals surface area contributed by atoms with E-state index in [-0.39, 0.29) is 10.9 Å². The van der Waals surface area contributed by atoms with Gasteiger partial charge in [-0.2, -0.15) is 5.10 Å². The molecule has 4 rings (SSSR count). The van der Waals surface area contributed by atoms with Gasteiger partial charge in [-0.3, -0.25) is 15.4 Å². The van der Waals surface area contributed by atoms with Crippen LogP contribution in [0.1, 0.15) is 44.1 Å². The second-order valence-electron chi connectivity index (χ2n) is 8.19. The van der Waals surface area contributed by atoms with Gasteiger partial charge in [0.05, 0.1) is 22.4 Å². The fourth-order valence-corrected chi connectivity index (χ4v) is 4.71. The second kappa shape index (κ2) is 8.74. The lowest BCUT2D eigenvalue weighted by atomic mass is 9.74. The molecule has 7 heteroatoms. The second-order valence-corrected chi connectivity index (χ2v) is 8.60. The van der Waals surface area contributed by atoms with Crippen LogP contribution in [-0.4, -0.2) is 20.8 Å². The Balaban J connectivity index is 1.43. The average molecular weight is 429 g/mol. The predicted molar refractivity (Wildman–Crippen MR) is 118 cm³/mol. The molecule has 158 valence electrons. The van der Waals surface area contributed by atoms with Crippen molar-refractivity contribution in [3.05, 3.63) is 59.0 Å². The molecule has 5 nitrogen and oxygen atoms in total. The van der Waals surface area contributed by atoms with Crippen molar-refractivity contribution in [3.63, 3.8) is 0 Å². The summed E-state index contributed by atoms with van der Waals surface area (Å²) in [5.41, 5.74) is 5.29. The summed E-state index contributed by atoms with van der Waals surface area (Å²) in [6.07, 6.45) is 6.23. The number of hydrogen-bond donors (Lipinski definition) is 2. The highest BCUT2D eigenvalue weighted by atomic mass is 35.5. The standard InChI is InChI=1S/C23H26ClFN4O/c1-14(23(28-30)27-19-8-9-21(25)20(24)12-19)15-3-5-16(6-4-15)17-7-10-22-18(11-17)13-26-29(22)2/h7-16,30H,3-6H2,1-2H3,(H,27,28)/t14-,15?,16?/m1/s1. The zero-order chi connectivity index (χ0) is 21.3. The molecule has 0 amide bonds. The molecule has 2 N–H and O–H groups in total. The minimum Gasteiger partial charge on any atom is -0.290 e. The molecule has 1 atom stereocenters. The lowest BCUT2D eigenvalue weighted by Gasteiger charge is -2.32. The molecule has 1 fully saturated rings. The Bertz CT molecular complexity index is 1070. The average Bonchev–Trinajstić information content (AvgIpc) is 3.14. The third kappa shape index (κ3) is 4.20. The van der Waals surface area contributed by atoms with E-state index in [1.165, 1.54) is 23.1 Å². The van der Waals surface area contributed by atoms with Gasteiger partial charge < -0.3 is 0 Å². The summed E-state index contributed by atoms with van der Waals surface area (Å²) in [5, 5.41) is 15.2. The number of hydroxylamine groups is 1. The maximum absolute atomic E-state index is 13.4. The maximum atomic E-state index is 13.4. The highest BCUT2D eigenvalue weighted by molar-refractivity contribution is 6.31. The highest BCUT2D eigenvalue weighted by Gasteiger charge is 2.29. The van der Waals surface area contributed by atoms with E-state index < -0.39 is 5.82 Å². The first kappa shape index (κ1) is 20.8. The zero-order valence-electron chi connectivity index (χ0n) is 17.1. The zero-order valence-corrected chi connectivity index (χ0v) is 17.9. The van der Waals surface area contributed by atoms with Gasteiger partial charge in [0, 0.05) is 18.4 Å². The first-order valence-corrected chi connectivity index (χ1v) is 10.7. The van der Waals surface area contributed by atoms with Gasteiger partial charge in [-0.25, -0.2) is 9.38 Å².